The first kappa shape index (κ1) is 24.1. The lowest BCUT2D eigenvalue weighted by atomic mass is 9.97. The largest absolute Gasteiger partial charge is 0.356 e. The van der Waals surface area contributed by atoms with Gasteiger partial charge in [0.25, 0.3) is 0 Å². The fourth-order valence-corrected chi connectivity index (χ4v) is 5.74. The molecular formula is C27H30N6O2S. The Morgan fingerprint density at radius 1 is 1.17 bits per heavy atom. The third-order valence-electron chi connectivity index (χ3n) is 7.04. The van der Waals surface area contributed by atoms with Crippen molar-refractivity contribution in [2.45, 2.75) is 25.8 Å². The normalized spacial score (nSPS) is 16.2. The van der Waals surface area contributed by atoms with E-state index in [2.05, 4.69) is 45.2 Å². The third kappa shape index (κ3) is 4.38. The van der Waals surface area contributed by atoms with Gasteiger partial charge in [0, 0.05) is 36.8 Å². The predicted octanol–water partition coefficient (Wildman–Crippen LogP) is 3.77. The van der Waals surface area contributed by atoms with Crippen LogP contribution in [0.4, 0.5) is 11.5 Å². The maximum atomic E-state index is 11.6. The molecule has 1 fully saturated rings. The maximum absolute atomic E-state index is 11.6. The van der Waals surface area contributed by atoms with Crippen molar-refractivity contribution in [3.8, 4) is 6.07 Å². The van der Waals surface area contributed by atoms with Gasteiger partial charge in [-0.05, 0) is 62.8 Å². The van der Waals surface area contributed by atoms with E-state index in [0.717, 1.165) is 59.3 Å². The molecule has 1 aliphatic rings. The van der Waals surface area contributed by atoms with Gasteiger partial charge in [-0.25, -0.2) is 13.4 Å². The fourth-order valence-electron chi connectivity index (χ4n) is 5.17. The second kappa shape index (κ2) is 9.12. The number of nitrogens with zero attached hydrogens (tertiary/aromatic N) is 5. The van der Waals surface area contributed by atoms with Gasteiger partial charge in [-0.3, -0.25) is 9.12 Å². The number of fused-ring (bicyclic) bond motifs is 3. The van der Waals surface area contributed by atoms with Gasteiger partial charge in [-0.1, -0.05) is 24.3 Å². The lowest BCUT2D eigenvalue weighted by molar-refractivity contribution is 0.315. The third-order valence-corrected chi connectivity index (χ3v) is 7.64. The summed E-state index contributed by atoms with van der Waals surface area (Å²) in [7, 11) is 0.896. The summed E-state index contributed by atoms with van der Waals surface area (Å²) in [6.45, 7) is 3.82. The van der Waals surface area contributed by atoms with Crippen LogP contribution in [0.1, 0.15) is 28.7 Å². The molecule has 0 spiro atoms. The quantitative estimate of drug-likeness (QED) is 0.431. The van der Waals surface area contributed by atoms with Gasteiger partial charge in [0.2, 0.25) is 10.0 Å². The Hall–Kier alpha value is -3.61. The molecule has 3 heterocycles. The first-order chi connectivity index (χ1) is 17.2. The average Bonchev–Trinajstić information content (AvgIpc) is 3.46. The van der Waals surface area contributed by atoms with Gasteiger partial charge >= 0.3 is 0 Å². The Morgan fingerprint density at radius 3 is 2.53 bits per heavy atom. The van der Waals surface area contributed by atoms with Crippen molar-refractivity contribution in [3.63, 3.8) is 0 Å². The molecule has 1 saturated heterocycles. The molecule has 0 unspecified atom stereocenters. The van der Waals surface area contributed by atoms with Crippen LogP contribution in [-0.2, 0) is 16.4 Å². The van der Waals surface area contributed by atoms with Crippen LogP contribution in [-0.4, -0.2) is 62.2 Å². The highest BCUT2D eigenvalue weighted by Gasteiger charge is 2.30. The molecule has 0 amide bonds. The minimum absolute atomic E-state index is 0.444. The van der Waals surface area contributed by atoms with Crippen molar-refractivity contribution >= 4 is 38.2 Å². The molecule has 1 atom stereocenters. The van der Waals surface area contributed by atoms with E-state index in [4.69, 9.17) is 4.98 Å². The Kier molecular flexibility index (Phi) is 6.10. The molecule has 0 saturated carbocycles. The summed E-state index contributed by atoms with van der Waals surface area (Å²) < 4.78 is 27.9. The van der Waals surface area contributed by atoms with E-state index in [1.54, 1.807) is 12.1 Å². The first-order valence-electron chi connectivity index (χ1n) is 12.0. The molecule has 0 bridgehead atoms. The smallest absolute Gasteiger partial charge is 0.229 e. The number of hydrogen-bond acceptors (Lipinski definition) is 6. The Morgan fingerprint density at radius 2 is 1.89 bits per heavy atom. The lowest BCUT2D eigenvalue weighted by Gasteiger charge is -2.27. The van der Waals surface area contributed by atoms with Crippen LogP contribution in [0, 0.1) is 18.3 Å². The van der Waals surface area contributed by atoms with E-state index in [-0.39, 0.29) is 0 Å². The zero-order valence-electron chi connectivity index (χ0n) is 21.0. The fraction of sp³-hybridized carbons (Fsp3) is 0.333. The molecule has 1 N–H and O–H groups in total. The minimum Gasteiger partial charge on any atom is -0.356 e. The number of sulfonamides is 1. The molecule has 8 nitrogen and oxygen atoms in total. The van der Waals surface area contributed by atoms with Crippen molar-refractivity contribution in [2.75, 3.05) is 43.1 Å². The topological polar surface area (TPSA) is 93.7 Å². The molecular weight excluding hydrogens is 472 g/mol. The molecule has 9 heteroatoms. The number of imidazole rings is 1. The summed E-state index contributed by atoms with van der Waals surface area (Å²) in [4.78, 5) is 9.56. The van der Waals surface area contributed by atoms with E-state index in [1.807, 2.05) is 37.3 Å². The number of nitrogens with one attached hydrogen (secondary N) is 1. The lowest BCUT2D eigenvalue weighted by Crippen LogP contribution is -2.32. The second-order valence-electron chi connectivity index (χ2n) is 9.77. The standard InChI is InChI=1S/C27H30N6O2S/c1-18-22(15-19-9-11-20(12-10-19)30-36(4,34)35)27(32-14-13-21(17-32)31(2)3)33-25-8-6-5-7-24(25)29-26(33)23(18)16-28/h5-12,21,30H,13-15,17H2,1-4H3/t21-/m0/s1. The van der Waals surface area contributed by atoms with Crippen molar-refractivity contribution < 1.29 is 8.42 Å². The van der Waals surface area contributed by atoms with Crippen LogP contribution < -0.4 is 9.62 Å². The summed E-state index contributed by atoms with van der Waals surface area (Å²) in [5.74, 6) is 1.08. The molecule has 0 aliphatic carbocycles. The van der Waals surface area contributed by atoms with E-state index < -0.39 is 10.0 Å². The van der Waals surface area contributed by atoms with Gasteiger partial charge < -0.3 is 9.80 Å². The van der Waals surface area contributed by atoms with Crippen molar-refractivity contribution in [2.24, 2.45) is 0 Å². The van der Waals surface area contributed by atoms with Crippen LogP contribution in [0.25, 0.3) is 16.7 Å². The monoisotopic (exact) mass is 502 g/mol. The van der Waals surface area contributed by atoms with E-state index >= 15 is 0 Å². The van der Waals surface area contributed by atoms with Crippen LogP contribution >= 0.6 is 0 Å². The number of nitriles is 1. The van der Waals surface area contributed by atoms with Gasteiger partial charge in [-0.15, -0.1) is 0 Å². The number of likely N-dealkylation sites (N-methyl/N-ethyl adjacent to an activating group) is 1. The zero-order chi connectivity index (χ0) is 25.6. The molecule has 0 radical (unpaired) electrons. The van der Waals surface area contributed by atoms with Crippen molar-refractivity contribution in [1.82, 2.24) is 14.3 Å². The predicted molar refractivity (Wildman–Crippen MR) is 144 cm³/mol. The minimum atomic E-state index is -3.34. The van der Waals surface area contributed by atoms with Crippen LogP contribution in [0.3, 0.4) is 0 Å². The van der Waals surface area contributed by atoms with E-state index in [0.29, 0.717) is 29.4 Å². The van der Waals surface area contributed by atoms with Crippen molar-refractivity contribution in [3.05, 3.63) is 70.8 Å². The molecule has 5 rings (SSSR count). The average molecular weight is 503 g/mol. The van der Waals surface area contributed by atoms with Crippen LogP contribution in [0.2, 0.25) is 0 Å². The SMILES string of the molecule is Cc1c(Cc2ccc(NS(C)(=O)=O)cc2)c(N2CC[C@H](N(C)C)C2)n2c(nc3ccccc32)c1C#N. The summed E-state index contributed by atoms with van der Waals surface area (Å²) in [5.41, 5.74) is 6.72. The molecule has 186 valence electrons. The Balaban J connectivity index is 1.70. The van der Waals surface area contributed by atoms with Crippen molar-refractivity contribution in [1.29, 1.82) is 5.26 Å². The van der Waals surface area contributed by atoms with E-state index in [1.165, 1.54) is 0 Å². The summed E-state index contributed by atoms with van der Waals surface area (Å²) in [6.07, 6.45) is 2.81. The summed E-state index contributed by atoms with van der Waals surface area (Å²) >= 11 is 0. The van der Waals surface area contributed by atoms with Gasteiger partial charge in [0.15, 0.2) is 5.65 Å². The number of anilines is 2. The van der Waals surface area contributed by atoms with E-state index in [9.17, 15) is 13.7 Å². The maximum Gasteiger partial charge on any atom is 0.229 e. The first-order valence-corrected chi connectivity index (χ1v) is 13.9. The summed E-state index contributed by atoms with van der Waals surface area (Å²) in [5, 5.41) is 10.2. The molecule has 4 aromatic rings. The number of rotatable bonds is 6. The number of hydrogen-bond donors (Lipinski definition) is 1. The zero-order valence-corrected chi connectivity index (χ0v) is 21.8. The Bertz CT molecular complexity index is 1600. The highest BCUT2D eigenvalue weighted by atomic mass is 32.2. The highest BCUT2D eigenvalue weighted by Crippen LogP contribution is 2.36. The number of pyridine rings is 1. The van der Waals surface area contributed by atoms with Crippen LogP contribution in [0.15, 0.2) is 48.5 Å². The van der Waals surface area contributed by atoms with Gasteiger partial charge in [0.05, 0.1) is 22.9 Å². The van der Waals surface area contributed by atoms with Gasteiger partial charge in [0.1, 0.15) is 11.9 Å². The van der Waals surface area contributed by atoms with Crippen LogP contribution in [0.5, 0.6) is 0 Å². The summed E-state index contributed by atoms with van der Waals surface area (Å²) in [6, 6.07) is 18.3. The second-order valence-corrected chi connectivity index (χ2v) is 11.5. The molecule has 36 heavy (non-hydrogen) atoms. The van der Waals surface area contributed by atoms with Gasteiger partial charge in [-0.2, -0.15) is 5.26 Å². The number of aromatic nitrogens is 2. The molecule has 2 aromatic carbocycles. The molecule has 1 aliphatic heterocycles. The Labute approximate surface area is 211 Å². The molecule has 2 aromatic heterocycles. The number of para-hydroxylation sites is 2. The number of benzene rings is 2. The highest BCUT2D eigenvalue weighted by molar-refractivity contribution is 7.92.